The second kappa shape index (κ2) is 5.65. The van der Waals surface area contributed by atoms with E-state index in [1.54, 1.807) is 12.4 Å². The molecular weight excluding hydrogens is 232 g/mol. The van der Waals surface area contributed by atoms with Crippen LogP contribution in [0.15, 0.2) is 18.6 Å². The number of hydrogen-bond donors (Lipinski definition) is 2. The highest BCUT2D eigenvalue weighted by Gasteiger charge is 2.11. The number of rotatable bonds is 6. The van der Waals surface area contributed by atoms with Gasteiger partial charge in [0.25, 0.3) is 0 Å². The lowest BCUT2D eigenvalue weighted by molar-refractivity contribution is 0.154. The molecule has 2 heterocycles. The Morgan fingerprint density at radius 1 is 1.56 bits per heavy atom. The monoisotopic (exact) mass is 250 g/mol. The molecule has 2 aromatic rings. The Kier molecular flexibility index (Phi) is 3.96. The van der Waals surface area contributed by atoms with Crippen LogP contribution in [-0.2, 0) is 4.74 Å². The smallest absolute Gasteiger partial charge is 0.180 e. The van der Waals surface area contributed by atoms with Gasteiger partial charge in [0.2, 0.25) is 0 Å². The Balaban J connectivity index is 2.27. The molecule has 0 bridgehead atoms. The number of ether oxygens (including phenoxy) is 1. The number of imidazole rings is 1. The zero-order valence-electron chi connectivity index (χ0n) is 10.6. The molecule has 0 aliphatic rings. The summed E-state index contributed by atoms with van der Waals surface area (Å²) in [7, 11) is 1.95. The van der Waals surface area contributed by atoms with Crippen LogP contribution < -0.4 is 16.2 Å². The second-order valence-corrected chi connectivity index (χ2v) is 3.87. The minimum Gasteiger partial charge on any atom is -0.380 e. The van der Waals surface area contributed by atoms with Gasteiger partial charge < -0.3 is 19.5 Å². The summed E-state index contributed by atoms with van der Waals surface area (Å²) in [6.45, 7) is 4.09. The fraction of sp³-hybridized carbons (Fsp3) is 0.455. The van der Waals surface area contributed by atoms with Crippen molar-refractivity contribution in [3.05, 3.63) is 18.6 Å². The number of aromatic nitrogens is 3. The Morgan fingerprint density at radius 3 is 3.11 bits per heavy atom. The number of anilines is 2. The van der Waals surface area contributed by atoms with Crippen molar-refractivity contribution in [3.8, 4) is 0 Å². The predicted octanol–water partition coefficient (Wildman–Crippen LogP) is 0.488. The third-order valence-corrected chi connectivity index (χ3v) is 2.64. The lowest BCUT2D eigenvalue weighted by Crippen LogP contribution is -2.25. The maximum Gasteiger partial charge on any atom is 0.180 e. The SMILES string of the molecule is CCOCCN(C)c1nc(NN)cn2ccnc12. The number of hydrazine groups is 1. The number of hydrogen-bond acceptors (Lipinski definition) is 6. The standard InChI is InChI=1S/C11H18N6O/c1-3-18-7-6-16(2)11-10-13-4-5-17(10)8-9(14-11)15-12/h4-5,8,15H,3,6-7,12H2,1-2H3. The molecule has 0 aromatic carbocycles. The molecule has 98 valence electrons. The summed E-state index contributed by atoms with van der Waals surface area (Å²) < 4.78 is 7.22. The molecule has 0 saturated carbocycles. The van der Waals surface area contributed by atoms with E-state index in [1.165, 1.54) is 0 Å². The minimum atomic E-state index is 0.596. The first-order valence-corrected chi connectivity index (χ1v) is 5.85. The summed E-state index contributed by atoms with van der Waals surface area (Å²) in [5.74, 6) is 6.78. The molecule has 0 spiro atoms. The van der Waals surface area contributed by atoms with Crippen molar-refractivity contribution >= 4 is 17.3 Å². The van der Waals surface area contributed by atoms with Gasteiger partial charge in [-0.2, -0.15) is 0 Å². The van der Waals surface area contributed by atoms with Crippen LogP contribution in [0, 0.1) is 0 Å². The Labute approximate surface area is 106 Å². The highest BCUT2D eigenvalue weighted by Crippen LogP contribution is 2.18. The highest BCUT2D eigenvalue weighted by atomic mass is 16.5. The maximum absolute atomic E-state index is 5.41. The normalized spacial score (nSPS) is 10.8. The zero-order chi connectivity index (χ0) is 13.0. The van der Waals surface area contributed by atoms with E-state index in [9.17, 15) is 0 Å². The van der Waals surface area contributed by atoms with Gasteiger partial charge in [-0.1, -0.05) is 0 Å². The van der Waals surface area contributed by atoms with Gasteiger partial charge in [-0.25, -0.2) is 15.8 Å². The third-order valence-electron chi connectivity index (χ3n) is 2.64. The van der Waals surface area contributed by atoms with Crippen LogP contribution in [0.25, 0.3) is 5.65 Å². The molecule has 0 saturated heterocycles. The maximum atomic E-state index is 5.41. The van der Waals surface area contributed by atoms with E-state index in [-0.39, 0.29) is 0 Å². The van der Waals surface area contributed by atoms with Crippen LogP contribution in [-0.4, -0.2) is 41.2 Å². The van der Waals surface area contributed by atoms with E-state index in [4.69, 9.17) is 10.6 Å². The van der Waals surface area contributed by atoms with Crippen LogP contribution in [0.4, 0.5) is 11.6 Å². The Hall–Kier alpha value is -1.86. The van der Waals surface area contributed by atoms with Gasteiger partial charge in [0.15, 0.2) is 17.3 Å². The molecule has 0 aliphatic carbocycles. The van der Waals surface area contributed by atoms with Gasteiger partial charge in [-0.3, -0.25) is 0 Å². The fourth-order valence-electron chi connectivity index (χ4n) is 1.69. The van der Waals surface area contributed by atoms with E-state index < -0.39 is 0 Å². The van der Waals surface area contributed by atoms with Crippen molar-refractivity contribution in [2.45, 2.75) is 6.92 Å². The highest BCUT2D eigenvalue weighted by molar-refractivity contribution is 5.66. The Morgan fingerprint density at radius 2 is 2.39 bits per heavy atom. The van der Waals surface area contributed by atoms with Crippen molar-refractivity contribution in [3.63, 3.8) is 0 Å². The first-order valence-electron chi connectivity index (χ1n) is 5.85. The summed E-state index contributed by atoms with van der Waals surface area (Å²) in [6.07, 6.45) is 5.39. The molecule has 0 amide bonds. The summed E-state index contributed by atoms with van der Waals surface area (Å²) >= 11 is 0. The quantitative estimate of drug-likeness (QED) is 0.441. The van der Waals surface area contributed by atoms with E-state index in [0.717, 1.165) is 18.0 Å². The van der Waals surface area contributed by atoms with Gasteiger partial charge in [-0.15, -0.1) is 0 Å². The predicted molar refractivity (Wildman–Crippen MR) is 70.6 cm³/mol. The average molecular weight is 250 g/mol. The van der Waals surface area contributed by atoms with Gasteiger partial charge in [0, 0.05) is 32.6 Å². The summed E-state index contributed by atoms with van der Waals surface area (Å²) in [5.41, 5.74) is 3.35. The minimum absolute atomic E-state index is 0.596. The van der Waals surface area contributed by atoms with E-state index in [1.807, 2.05) is 29.5 Å². The number of nitrogens with two attached hydrogens (primary N) is 1. The topological polar surface area (TPSA) is 80.7 Å². The van der Waals surface area contributed by atoms with E-state index >= 15 is 0 Å². The summed E-state index contributed by atoms with van der Waals surface area (Å²) in [4.78, 5) is 10.7. The largest absolute Gasteiger partial charge is 0.380 e. The van der Waals surface area contributed by atoms with Crippen molar-refractivity contribution in [2.24, 2.45) is 5.84 Å². The zero-order valence-corrected chi connectivity index (χ0v) is 10.6. The fourth-order valence-corrected chi connectivity index (χ4v) is 1.69. The Bertz CT molecular complexity index is 511. The summed E-state index contributed by atoms with van der Waals surface area (Å²) in [6, 6.07) is 0. The molecule has 7 heteroatoms. The van der Waals surface area contributed by atoms with Gasteiger partial charge >= 0.3 is 0 Å². The molecule has 18 heavy (non-hydrogen) atoms. The van der Waals surface area contributed by atoms with Gasteiger partial charge in [-0.05, 0) is 6.92 Å². The van der Waals surface area contributed by atoms with Crippen LogP contribution in [0.3, 0.4) is 0 Å². The lowest BCUT2D eigenvalue weighted by Gasteiger charge is -2.19. The molecule has 2 rings (SSSR count). The van der Waals surface area contributed by atoms with E-state index in [2.05, 4.69) is 15.4 Å². The first kappa shape index (κ1) is 12.6. The number of likely N-dealkylation sites (N-methyl/N-ethyl adjacent to an activating group) is 1. The first-order chi connectivity index (χ1) is 8.76. The molecule has 3 N–H and O–H groups in total. The van der Waals surface area contributed by atoms with Crippen LogP contribution >= 0.6 is 0 Å². The van der Waals surface area contributed by atoms with Gasteiger partial charge in [0.1, 0.15) is 0 Å². The molecular formula is C11H18N6O. The molecule has 0 unspecified atom stereocenters. The molecule has 7 nitrogen and oxygen atoms in total. The third kappa shape index (κ3) is 2.52. The molecule has 0 fully saturated rings. The van der Waals surface area contributed by atoms with Crippen molar-refractivity contribution in [1.82, 2.24) is 14.4 Å². The molecule has 0 atom stereocenters. The number of fused-ring (bicyclic) bond motifs is 1. The van der Waals surface area contributed by atoms with E-state index in [0.29, 0.717) is 19.0 Å². The van der Waals surface area contributed by atoms with Crippen molar-refractivity contribution < 1.29 is 4.74 Å². The van der Waals surface area contributed by atoms with Crippen LogP contribution in [0.2, 0.25) is 0 Å². The van der Waals surface area contributed by atoms with Crippen LogP contribution in [0.1, 0.15) is 6.92 Å². The molecule has 2 aromatic heterocycles. The number of nitrogen functional groups attached to an aromatic ring is 1. The van der Waals surface area contributed by atoms with Gasteiger partial charge in [0.05, 0.1) is 12.8 Å². The average Bonchev–Trinajstić information content (AvgIpc) is 2.85. The number of nitrogens with one attached hydrogen (secondary N) is 1. The number of nitrogens with zero attached hydrogens (tertiary/aromatic N) is 4. The van der Waals surface area contributed by atoms with Crippen molar-refractivity contribution in [2.75, 3.05) is 37.1 Å². The lowest BCUT2D eigenvalue weighted by atomic mass is 10.5. The molecule has 0 aliphatic heterocycles. The van der Waals surface area contributed by atoms with Crippen LogP contribution in [0.5, 0.6) is 0 Å². The second-order valence-electron chi connectivity index (χ2n) is 3.87. The molecule has 0 radical (unpaired) electrons. The summed E-state index contributed by atoms with van der Waals surface area (Å²) in [5, 5.41) is 0. The van der Waals surface area contributed by atoms with Crippen molar-refractivity contribution in [1.29, 1.82) is 0 Å².